The van der Waals surface area contributed by atoms with E-state index >= 15 is 0 Å². The highest BCUT2D eigenvalue weighted by Crippen LogP contribution is 2.32. The van der Waals surface area contributed by atoms with Crippen molar-refractivity contribution >= 4 is 11.1 Å². The summed E-state index contributed by atoms with van der Waals surface area (Å²) in [6, 6.07) is 0.570. The lowest BCUT2D eigenvalue weighted by Crippen LogP contribution is -2.41. The molecule has 0 aliphatic heterocycles. The molecule has 0 bridgehead atoms. The zero-order valence-corrected chi connectivity index (χ0v) is 13.5. The van der Waals surface area contributed by atoms with Gasteiger partial charge in [-0.2, -0.15) is 0 Å². The summed E-state index contributed by atoms with van der Waals surface area (Å²) in [5.74, 6) is 0.528. The van der Waals surface area contributed by atoms with E-state index in [4.69, 9.17) is 4.18 Å². The average Bonchev–Trinajstić information content (AvgIpc) is 2.40. The maximum Gasteiger partial charge on any atom is 0.159 e. The van der Waals surface area contributed by atoms with Gasteiger partial charge in [0.1, 0.15) is 0 Å². The Morgan fingerprint density at radius 2 is 1.74 bits per heavy atom. The quantitative estimate of drug-likeness (QED) is 0.795. The molecule has 2 fully saturated rings. The Morgan fingerprint density at radius 3 is 2.37 bits per heavy atom. The molecule has 0 N–H and O–H groups in total. The molecule has 3 nitrogen and oxygen atoms in total. The zero-order valence-electron chi connectivity index (χ0n) is 12.6. The molecule has 19 heavy (non-hydrogen) atoms. The third kappa shape index (κ3) is 4.27. The first-order valence-electron chi connectivity index (χ1n) is 7.82. The van der Waals surface area contributed by atoms with Crippen molar-refractivity contribution in [3.63, 3.8) is 0 Å². The summed E-state index contributed by atoms with van der Waals surface area (Å²) in [6.45, 7) is 2.23. The monoisotopic (exact) mass is 287 g/mol. The van der Waals surface area contributed by atoms with Gasteiger partial charge in [0.05, 0.1) is 11.4 Å². The number of hydrogen-bond acceptors (Lipinski definition) is 3. The molecule has 0 radical (unpaired) electrons. The van der Waals surface area contributed by atoms with E-state index in [0.717, 1.165) is 19.3 Å². The van der Waals surface area contributed by atoms with Crippen LogP contribution < -0.4 is 0 Å². The van der Waals surface area contributed by atoms with Crippen molar-refractivity contribution in [2.75, 3.05) is 14.1 Å². The van der Waals surface area contributed by atoms with Gasteiger partial charge in [0.25, 0.3) is 0 Å². The largest absolute Gasteiger partial charge is 0.306 e. The molecular formula is C15H29NO2S. The topological polar surface area (TPSA) is 29.5 Å². The van der Waals surface area contributed by atoms with Crippen LogP contribution in [0, 0.1) is 5.92 Å². The molecule has 4 atom stereocenters. The molecule has 0 amide bonds. The second-order valence-electron chi connectivity index (χ2n) is 6.56. The van der Waals surface area contributed by atoms with E-state index in [2.05, 4.69) is 25.9 Å². The van der Waals surface area contributed by atoms with Crippen LogP contribution in [0.1, 0.15) is 58.3 Å². The van der Waals surface area contributed by atoms with Crippen LogP contribution in [0.15, 0.2) is 0 Å². The zero-order chi connectivity index (χ0) is 13.8. The second-order valence-corrected chi connectivity index (χ2v) is 7.88. The minimum absolute atomic E-state index is 0.225. The molecule has 0 aromatic rings. The summed E-state index contributed by atoms with van der Waals surface area (Å²) in [5.41, 5.74) is 0. The maximum absolute atomic E-state index is 12.5. The lowest BCUT2D eigenvalue weighted by Gasteiger charge is -2.37. The van der Waals surface area contributed by atoms with Crippen LogP contribution in [0.4, 0.5) is 0 Å². The summed E-state index contributed by atoms with van der Waals surface area (Å²) < 4.78 is 18.4. The summed E-state index contributed by atoms with van der Waals surface area (Å²) in [6.07, 6.45) is 9.67. The van der Waals surface area contributed by atoms with Gasteiger partial charge in [0.15, 0.2) is 11.1 Å². The Morgan fingerprint density at radius 1 is 1.05 bits per heavy atom. The van der Waals surface area contributed by atoms with Gasteiger partial charge in [-0.1, -0.05) is 26.2 Å². The smallest absolute Gasteiger partial charge is 0.159 e. The molecule has 0 spiro atoms. The highest BCUT2D eigenvalue weighted by atomic mass is 32.2. The summed E-state index contributed by atoms with van der Waals surface area (Å²) >= 11 is -1.10. The number of hydrogen-bond donors (Lipinski definition) is 0. The van der Waals surface area contributed by atoms with Gasteiger partial charge >= 0.3 is 0 Å². The van der Waals surface area contributed by atoms with Gasteiger partial charge < -0.3 is 4.90 Å². The normalized spacial score (nSPS) is 35.5. The van der Waals surface area contributed by atoms with Crippen LogP contribution in [0.25, 0.3) is 0 Å². The molecule has 0 aromatic heterocycles. The predicted molar refractivity (Wildman–Crippen MR) is 80.4 cm³/mol. The molecule has 0 heterocycles. The Bertz CT molecular complexity index is 303. The molecule has 2 saturated carbocycles. The maximum atomic E-state index is 12.5. The molecule has 2 aliphatic rings. The van der Waals surface area contributed by atoms with Crippen LogP contribution in [-0.2, 0) is 15.3 Å². The molecule has 0 saturated heterocycles. The first-order valence-corrected chi connectivity index (χ1v) is 8.96. The molecule has 0 aromatic carbocycles. The first kappa shape index (κ1) is 15.5. The lowest BCUT2D eigenvalue weighted by atomic mass is 9.86. The van der Waals surface area contributed by atoms with Crippen molar-refractivity contribution in [3.05, 3.63) is 0 Å². The lowest BCUT2D eigenvalue weighted by molar-refractivity contribution is 0.159. The molecule has 4 heteroatoms. The highest BCUT2D eigenvalue weighted by Gasteiger charge is 2.34. The molecule has 2 aliphatic carbocycles. The standard InChI is InChI=1S/C15H29NO2S/c1-12-9-10-13(16(2)3)11-15(12)19(17)18-14-7-5-4-6-8-14/h12-15H,4-11H2,1-3H3. The van der Waals surface area contributed by atoms with Crippen molar-refractivity contribution in [3.8, 4) is 0 Å². The van der Waals surface area contributed by atoms with Gasteiger partial charge in [-0.3, -0.25) is 4.18 Å². The fraction of sp³-hybridized carbons (Fsp3) is 1.00. The molecule has 2 rings (SSSR count). The van der Waals surface area contributed by atoms with Gasteiger partial charge in [-0.05, 0) is 52.1 Å². The van der Waals surface area contributed by atoms with Crippen LogP contribution in [-0.4, -0.2) is 40.6 Å². The third-order valence-electron chi connectivity index (χ3n) is 4.85. The van der Waals surface area contributed by atoms with Crippen LogP contribution in [0.3, 0.4) is 0 Å². The van der Waals surface area contributed by atoms with E-state index < -0.39 is 11.1 Å². The van der Waals surface area contributed by atoms with Gasteiger partial charge in [-0.25, -0.2) is 4.21 Å². The van der Waals surface area contributed by atoms with E-state index in [1.807, 2.05) is 0 Å². The Labute approximate surface area is 120 Å². The van der Waals surface area contributed by atoms with Crippen molar-refractivity contribution in [2.24, 2.45) is 5.92 Å². The van der Waals surface area contributed by atoms with E-state index in [0.29, 0.717) is 12.0 Å². The van der Waals surface area contributed by atoms with Crippen molar-refractivity contribution < 1.29 is 8.39 Å². The number of nitrogens with zero attached hydrogens (tertiary/aromatic N) is 1. The molecule has 4 unspecified atom stereocenters. The number of rotatable bonds is 4. The van der Waals surface area contributed by atoms with Crippen molar-refractivity contribution in [1.82, 2.24) is 4.90 Å². The van der Waals surface area contributed by atoms with Crippen molar-refractivity contribution in [2.45, 2.75) is 75.7 Å². The minimum Gasteiger partial charge on any atom is -0.306 e. The van der Waals surface area contributed by atoms with E-state index in [1.165, 1.54) is 32.1 Å². The van der Waals surface area contributed by atoms with Gasteiger partial charge in [0, 0.05) is 6.04 Å². The van der Waals surface area contributed by atoms with E-state index in [9.17, 15) is 4.21 Å². The van der Waals surface area contributed by atoms with Gasteiger partial charge in [0.2, 0.25) is 0 Å². The Kier molecular flexibility index (Phi) is 5.85. The second kappa shape index (κ2) is 7.19. The SMILES string of the molecule is CC1CCC(N(C)C)CC1S(=O)OC1CCCCC1. The fourth-order valence-corrected chi connectivity index (χ4v) is 4.86. The van der Waals surface area contributed by atoms with Crippen LogP contribution in [0.2, 0.25) is 0 Å². The summed E-state index contributed by atoms with van der Waals surface area (Å²) in [7, 11) is 4.26. The van der Waals surface area contributed by atoms with Crippen LogP contribution >= 0.6 is 0 Å². The Hall–Kier alpha value is 0.0700. The fourth-order valence-electron chi connectivity index (χ4n) is 3.36. The third-order valence-corrected chi connectivity index (χ3v) is 6.47. The van der Waals surface area contributed by atoms with Crippen molar-refractivity contribution in [1.29, 1.82) is 0 Å². The summed E-state index contributed by atoms with van der Waals surface area (Å²) in [4.78, 5) is 2.27. The molecule has 112 valence electrons. The van der Waals surface area contributed by atoms with Gasteiger partial charge in [-0.15, -0.1) is 0 Å². The average molecular weight is 287 g/mol. The molecular weight excluding hydrogens is 258 g/mol. The summed E-state index contributed by atoms with van der Waals surface area (Å²) in [5, 5.41) is 0.225. The van der Waals surface area contributed by atoms with Crippen LogP contribution in [0.5, 0.6) is 0 Å². The van der Waals surface area contributed by atoms with E-state index in [1.54, 1.807) is 0 Å². The minimum atomic E-state index is -1.10. The first-order chi connectivity index (χ1) is 9.08. The predicted octanol–water partition coefficient (Wildman–Crippen LogP) is 3.12. The highest BCUT2D eigenvalue weighted by molar-refractivity contribution is 7.80. The van der Waals surface area contributed by atoms with E-state index in [-0.39, 0.29) is 11.4 Å². The Balaban J connectivity index is 1.88.